The molecule has 0 saturated heterocycles. The average molecular weight is 467 g/mol. The largest absolute Gasteiger partial charge is 0.451 e. The maximum atomic E-state index is 13.0. The monoisotopic (exact) mass is 466 g/mol. The standard InChI is InChI=1S/C20H14ClF3N4O4/c1-11-8-15(29)17(27-28(11)13-5-2-4-12(9-13)20(22,23)24)19(31)32-10-16(30)26-14-6-3-7-25-18(14)21/h2-9H,10H2,1H3,(H,26,30). The van der Waals surface area contributed by atoms with Crippen molar-refractivity contribution in [1.82, 2.24) is 14.8 Å². The second-order valence-corrected chi connectivity index (χ2v) is 6.78. The molecule has 0 aliphatic rings. The minimum absolute atomic E-state index is 0.0182. The maximum Gasteiger partial charge on any atom is 0.416 e. The van der Waals surface area contributed by atoms with Gasteiger partial charge in [-0.25, -0.2) is 14.5 Å². The average Bonchev–Trinajstić information content (AvgIpc) is 2.73. The van der Waals surface area contributed by atoms with E-state index in [1.165, 1.54) is 37.4 Å². The highest BCUT2D eigenvalue weighted by molar-refractivity contribution is 6.32. The van der Waals surface area contributed by atoms with E-state index in [0.717, 1.165) is 22.9 Å². The van der Waals surface area contributed by atoms with Crippen molar-refractivity contribution in [3.8, 4) is 5.69 Å². The van der Waals surface area contributed by atoms with Crippen molar-refractivity contribution in [2.45, 2.75) is 13.1 Å². The molecule has 12 heteroatoms. The maximum absolute atomic E-state index is 13.0. The van der Waals surface area contributed by atoms with Gasteiger partial charge in [-0.15, -0.1) is 0 Å². The summed E-state index contributed by atoms with van der Waals surface area (Å²) in [4.78, 5) is 40.2. The molecule has 0 spiro atoms. The van der Waals surface area contributed by atoms with Crippen molar-refractivity contribution in [3.05, 3.63) is 81.0 Å². The van der Waals surface area contributed by atoms with Gasteiger partial charge in [0.15, 0.2) is 11.8 Å². The molecule has 2 heterocycles. The number of rotatable bonds is 5. The van der Waals surface area contributed by atoms with Crippen LogP contribution in [0.3, 0.4) is 0 Å². The summed E-state index contributed by atoms with van der Waals surface area (Å²) >= 11 is 5.82. The SMILES string of the molecule is Cc1cc(=O)c(C(=O)OCC(=O)Nc2cccnc2Cl)nn1-c1cccc(C(F)(F)F)c1. The van der Waals surface area contributed by atoms with E-state index >= 15 is 0 Å². The van der Waals surface area contributed by atoms with Crippen molar-refractivity contribution in [2.24, 2.45) is 0 Å². The third kappa shape index (κ3) is 5.30. The highest BCUT2D eigenvalue weighted by Gasteiger charge is 2.30. The molecule has 0 bridgehead atoms. The number of nitrogens with zero attached hydrogens (tertiary/aromatic N) is 3. The number of carbonyl (C=O) groups is 2. The first kappa shape index (κ1) is 22.9. The smallest absolute Gasteiger partial charge is 0.416 e. The van der Waals surface area contributed by atoms with E-state index in [4.69, 9.17) is 16.3 Å². The van der Waals surface area contributed by atoms with Gasteiger partial charge in [-0.1, -0.05) is 17.7 Å². The van der Waals surface area contributed by atoms with Crippen molar-refractivity contribution in [3.63, 3.8) is 0 Å². The fourth-order valence-corrected chi connectivity index (χ4v) is 2.80. The Labute approximate surface area is 183 Å². The quantitative estimate of drug-likeness (QED) is 0.456. The second kappa shape index (κ2) is 9.18. The van der Waals surface area contributed by atoms with Gasteiger partial charge < -0.3 is 10.1 Å². The molecule has 0 radical (unpaired) electrons. The molecule has 0 aliphatic heterocycles. The van der Waals surface area contributed by atoms with Crippen molar-refractivity contribution in [1.29, 1.82) is 0 Å². The van der Waals surface area contributed by atoms with Crippen LogP contribution in [-0.2, 0) is 15.7 Å². The van der Waals surface area contributed by atoms with E-state index in [1.54, 1.807) is 0 Å². The van der Waals surface area contributed by atoms with Crippen molar-refractivity contribution in [2.75, 3.05) is 11.9 Å². The van der Waals surface area contributed by atoms with Crippen LogP contribution in [0.5, 0.6) is 0 Å². The summed E-state index contributed by atoms with van der Waals surface area (Å²) in [5, 5.41) is 6.24. The zero-order chi connectivity index (χ0) is 23.5. The van der Waals surface area contributed by atoms with Gasteiger partial charge in [-0.05, 0) is 37.3 Å². The van der Waals surface area contributed by atoms with Crippen molar-refractivity contribution >= 4 is 29.2 Å². The molecule has 3 aromatic rings. The molecule has 0 atom stereocenters. The van der Waals surface area contributed by atoms with Crippen LogP contribution in [0.4, 0.5) is 18.9 Å². The van der Waals surface area contributed by atoms with E-state index in [0.29, 0.717) is 0 Å². The first-order chi connectivity index (χ1) is 15.1. The molecule has 0 aliphatic carbocycles. The molecule has 0 unspecified atom stereocenters. The summed E-state index contributed by atoms with van der Waals surface area (Å²) in [7, 11) is 0. The van der Waals surface area contributed by atoms with E-state index in [2.05, 4.69) is 15.4 Å². The van der Waals surface area contributed by atoms with Crippen LogP contribution >= 0.6 is 11.6 Å². The van der Waals surface area contributed by atoms with E-state index in [9.17, 15) is 27.6 Å². The number of hydrogen-bond donors (Lipinski definition) is 1. The van der Waals surface area contributed by atoms with Crippen LogP contribution in [0.2, 0.25) is 5.15 Å². The summed E-state index contributed by atoms with van der Waals surface area (Å²) in [6.45, 7) is 0.678. The van der Waals surface area contributed by atoms with Gasteiger partial charge in [0.1, 0.15) is 0 Å². The number of nitrogens with one attached hydrogen (secondary N) is 1. The molecule has 2 aromatic heterocycles. The van der Waals surface area contributed by atoms with Crippen LogP contribution in [0.15, 0.2) is 53.5 Å². The second-order valence-electron chi connectivity index (χ2n) is 6.42. The topological polar surface area (TPSA) is 103 Å². The number of aromatic nitrogens is 3. The van der Waals surface area contributed by atoms with Gasteiger partial charge in [0.25, 0.3) is 5.91 Å². The molecule has 8 nitrogen and oxygen atoms in total. The predicted octanol–water partition coefficient (Wildman–Crippen LogP) is 3.40. The minimum Gasteiger partial charge on any atom is -0.451 e. The van der Waals surface area contributed by atoms with Gasteiger partial charge in [0, 0.05) is 18.0 Å². The Morgan fingerprint density at radius 2 is 1.94 bits per heavy atom. The summed E-state index contributed by atoms with van der Waals surface area (Å²) in [5.74, 6) is -1.97. The Morgan fingerprint density at radius 3 is 2.62 bits per heavy atom. The third-order valence-electron chi connectivity index (χ3n) is 4.09. The lowest BCUT2D eigenvalue weighted by Crippen LogP contribution is -2.27. The molecule has 166 valence electrons. The first-order valence-corrected chi connectivity index (χ1v) is 9.30. The number of pyridine rings is 1. The Bertz CT molecular complexity index is 1240. The van der Waals surface area contributed by atoms with E-state index in [-0.39, 0.29) is 22.2 Å². The third-order valence-corrected chi connectivity index (χ3v) is 4.39. The Kier molecular flexibility index (Phi) is 6.58. The number of amides is 1. The number of esters is 1. The number of hydrogen-bond acceptors (Lipinski definition) is 6. The van der Waals surface area contributed by atoms with Gasteiger partial charge in [-0.2, -0.15) is 18.3 Å². The number of halogens is 4. The Morgan fingerprint density at radius 1 is 1.19 bits per heavy atom. The highest BCUT2D eigenvalue weighted by Crippen LogP contribution is 2.30. The molecule has 0 fully saturated rings. The minimum atomic E-state index is -4.59. The van der Waals surface area contributed by atoms with Gasteiger partial charge in [-0.3, -0.25) is 9.59 Å². The van der Waals surface area contributed by atoms with Crippen LogP contribution in [0.1, 0.15) is 21.7 Å². The van der Waals surface area contributed by atoms with Gasteiger partial charge in [0.2, 0.25) is 11.1 Å². The number of anilines is 1. The molecule has 0 saturated carbocycles. The molecule has 1 aromatic carbocycles. The molecule has 32 heavy (non-hydrogen) atoms. The van der Waals surface area contributed by atoms with Crippen LogP contribution in [0.25, 0.3) is 5.69 Å². The van der Waals surface area contributed by atoms with Crippen LogP contribution in [-0.4, -0.2) is 33.2 Å². The lowest BCUT2D eigenvalue weighted by Gasteiger charge is -2.13. The number of carbonyl (C=O) groups excluding carboxylic acids is 2. The normalized spacial score (nSPS) is 11.2. The molecule has 3 rings (SSSR count). The van der Waals surface area contributed by atoms with E-state index in [1.807, 2.05) is 0 Å². The summed E-state index contributed by atoms with van der Waals surface area (Å²) in [5.41, 5.74) is -2.07. The summed E-state index contributed by atoms with van der Waals surface area (Å²) in [6, 6.07) is 8.24. The van der Waals surface area contributed by atoms with Crippen molar-refractivity contribution < 1.29 is 27.5 Å². The number of ether oxygens (including phenoxy) is 1. The number of benzene rings is 1. The molecular formula is C20H14ClF3N4O4. The highest BCUT2D eigenvalue weighted by atomic mass is 35.5. The number of alkyl halides is 3. The van der Waals surface area contributed by atoms with Gasteiger partial charge in [0.05, 0.1) is 16.9 Å². The first-order valence-electron chi connectivity index (χ1n) is 8.92. The summed E-state index contributed by atoms with van der Waals surface area (Å²) in [6.07, 6.45) is -3.17. The van der Waals surface area contributed by atoms with Gasteiger partial charge >= 0.3 is 12.1 Å². The lowest BCUT2D eigenvalue weighted by atomic mass is 10.2. The van der Waals surface area contributed by atoms with E-state index < -0.39 is 41.3 Å². The predicted molar refractivity (Wildman–Crippen MR) is 108 cm³/mol. The zero-order valence-corrected chi connectivity index (χ0v) is 17.1. The summed E-state index contributed by atoms with van der Waals surface area (Å²) < 4.78 is 44.9. The fraction of sp³-hybridized carbons (Fsp3) is 0.150. The Hall–Kier alpha value is -3.73. The fourth-order valence-electron chi connectivity index (χ4n) is 2.63. The molecule has 1 amide bonds. The van der Waals surface area contributed by atoms with Crippen LogP contribution in [0, 0.1) is 6.92 Å². The Balaban J connectivity index is 1.80. The number of aryl methyl sites for hydroxylation is 1. The lowest BCUT2D eigenvalue weighted by molar-refractivity contribution is -0.137. The molecular weight excluding hydrogens is 453 g/mol. The zero-order valence-electron chi connectivity index (χ0n) is 16.3. The van der Waals surface area contributed by atoms with Crippen LogP contribution < -0.4 is 10.7 Å². The molecule has 1 N–H and O–H groups in total.